The molecular weight excluding hydrogens is 224 g/mol. The Labute approximate surface area is 109 Å². The third kappa shape index (κ3) is 5.26. The summed E-state index contributed by atoms with van der Waals surface area (Å²) in [5.41, 5.74) is 1.97. The number of Topliss-reactive ketones (excluding diaryl/α,β-unsaturated/α-hetero) is 2. The number of ketones is 2. The van der Waals surface area contributed by atoms with E-state index >= 15 is 0 Å². The van der Waals surface area contributed by atoms with Gasteiger partial charge in [-0.1, -0.05) is 43.2 Å². The summed E-state index contributed by atoms with van der Waals surface area (Å²) in [4.78, 5) is 22.9. The van der Waals surface area contributed by atoms with E-state index in [1.54, 1.807) is 0 Å². The van der Waals surface area contributed by atoms with E-state index in [0.717, 1.165) is 24.8 Å². The van der Waals surface area contributed by atoms with Gasteiger partial charge < -0.3 is 0 Å². The Morgan fingerprint density at radius 3 is 2.17 bits per heavy atom. The zero-order chi connectivity index (χ0) is 13.4. The highest BCUT2D eigenvalue weighted by Crippen LogP contribution is 2.10. The maximum Gasteiger partial charge on any atom is 0.162 e. The van der Waals surface area contributed by atoms with Crippen molar-refractivity contribution in [3.05, 3.63) is 35.4 Å². The summed E-state index contributed by atoms with van der Waals surface area (Å²) in [6.45, 7) is 3.91. The molecule has 0 bridgehead atoms. The molecule has 0 saturated heterocycles. The first kappa shape index (κ1) is 14.6. The molecule has 2 nitrogen and oxygen atoms in total. The predicted octanol–water partition coefficient (Wildman–Crippen LogP) is 4.11. The van der Waals surface area contributed by atoms with Gasteiger partial charge in [-0.25, -0.2) is 0 Å². The number of hydrogen-bond acceptors (Lipinski definition) is 2. The van der Waals surface area contributed by atoms with Crippen LogP contribution in [0.25, 0.3) is 0 Å². The Hall–Kier alpha value is -1.44. The largest absolute Gasteiger partial charge is 0.300 e. The van der Waals surface area contributed by atoms with Crippen molar-refractivity contribution in [2.75, 3.05) is 0 Å². The smallest absolute Gasteiger partial charge is 0.162 e. The molecule has 0 atom stereocenters. The number of aryl methyl sites for hydroxylation is 1. The molecule has 2 heteroatoms. The number of carbonyl (C=O) groups is 2. The molecule has 0 radical (unpaired) electrons. The van der Waals surface area contributed by atoms with Crippen LogP contribution in [-0.4, -0.2) is 11.6 Å². The average molecular weight is 246 g/mol. The van der Waals surface area contributed by atoms with Crippen LogP contribution in [0.5, 0.6) is 0 Å². The van der Waals surface area contributed by atoms with Crippen molar-refractivity contribution >= 4 is 11.6 Å². The second kappa shape index (κ2) is 7.80. The van der Waals surface area contributed by atoms with Crippen molar-refractivity contribution in [1.29, 1.82) is 0 Å². The highest BCUT2D eigenvalue weighted by Gasteiger charge is 2.05. The van der Waals surface area contributed by atoms with Gasteiger partial charge in [0.25, 0.3) is 0 Å². The van der Waals surface area contributed by atoms with Gasteiger partial charge >= 0.3 is 0 Å². The van der Waals surface area contributed by atoms with Crippen LogP contribution in [0, 0.1) is 6.92 Å². The van der Waals surface area contributed by atoms with Crippen LogP contribution < -0.4 is 0 Å². The Balaban J connectivity index is 2.21. The lowest BCUT2D eigenvalue weighted by Crippen LogP contribution is -1.99. The minimum absolute atomic E-state index is 0.205. The molecule has 0 unspecified atom stereocenters. The van der Waals surface area contributed by atoms with Gasteiger partial charge in [-0.3, -0.25) is 9.59 Å². The van der Waals surface area contributed by atoms with Gasteiger partial charge in [-0.15, -0.1) is 0 Å². The molecule has 0 aliphatic heterocycles. The molecule has 98 valence electrons. The minimum Gasteiger partial charge on any atom is -0.300 e. The molecular formula is C16H22O2. The van der Waals surface area contributed by atoms with E-state index in [2.05, 4.69) is 0 Å². The van der Waals surface area contributed by atoms with Gasteiger partial charge in [-0.2, -0.15) is 0 Å². The molecule has 1 aromatic rings. The molecule has 0 aliphatic rings. The molecule has 0 fully saturated rings. The van der Waals surface area contributed by atoms with Crippen molar-refractivity contribution in [2.45, 2.75) is 52.4 Å². The van der Waals surface area contributed by atoms with Gasteiger partial charge in [0, 0.05) is 24.8 Å². The van der Waals surface area contributed by atoms with Crippen molar-refractivity contribution in [3.63, 3.8) is 0 Å². The fraction of sp³-hybridized carbons (Fsp3) is 0.500. The number of hydrogen-bond donors (Lipinski definition) is 0. The van der Waals surface area contributed by atoms with Crippen molar-refractivity contribution in [2.24, 2.45) is 0 Å². The number of rotatable bonds is 8. The molecule has 1 rings (SSSR count). The highest BCUT2D eigenvalue weighted by atomic mass is 16.1. The first-order valence-electron chi connectivity index (χ1n) is 6.75. The second-order valence-electron chi connectivity index (χ2n) is 4.74. The van der Waals surface area contributed by atoms with Crippen LogP contribution in [0.4, 0.5) is 0 Å². The minimum atomic E-state index is 0.205. The molecule has 0 aromatic heterocycles. The van der Waals surface area contributed by atoms with Gasteiger partial charge in [-0.05, 0) is 19.8 Å². The number of benzene rings is 1. The normalized spacial score (nSPS) is 10.3. The van der Waals surface area contributed by atoms with Gasteiger partial charge in [0.15, 0.2) is 5.78 Å². The maximum absolute atomic E-state index is 11.8. The van der Waals surface area contributed by atoms with Crippen LogP contribution in [-0.2, 0) is 4.79 Å². The zero-order valence-electron chi connectivity index (χ0n) is 11.4. The molecule has 0 saturated carbocycles. The lowest BCUT2D eigenvalue weighted by molar-refractivity contribution is -0.118. The Bertz CT molecular complexity index is 390. The second-order valence-corrected chi connectivity index (χ2v) is 4.74. The topological polar surface area (TPSA) is 34.1 Å². The summed E-state index contributed by atoms with van der Waals surface area (Å²) in [5, 5.41) is 0. The lowest BCUT2D eigenvalue weighted by atomic mass is 10.0. The molecule has 0 heterocycles. The Morgan fingerprint density at radius 2 is 1.56 bits per heavy atom. The molecule has 0 spiro atoms. The van der Waals surface area contributed by atoms with Crippen LogP contribution in [0.3, 0.4) is 0 Å². The van der Waals surface area contributed by atoms with Crippen LogP contribution in [0.15, 0.2) is 24.3 Å². The van der Waals surface area contributed by atoms with Gasteiger partial charge in [0.1, 0.15) is 5.78 Å². The quantitative estimate of drug-likeness (QED) is 0.511. The summed E-state index contributed by atoms with van der Waals surface area (Å²) >= 11 is 0. The number of unbranched alkanes of at least 4 members (excludes halogenated alkanes) is 2. The van der Waals surface area contributed by atoms with E-state index < -0.39 is 0 Å². The van der Waals surface area contributed by atoms with Crippen molar-refractivity contribution < 1.29 is 9.59 Å². The van der Waals surface area contributed by atoms with Crippen LogP contribution in [0.1, 0.15) is 61.4 Å². The van der Waals surface area contributed by atoms with Crippen LogP contribution >= 0.6 is 0 Å². The average Bonchev–Trinajstić information content (AvgIpc) is 2.38. The van der Waals surface area contributed by atoms with E-state index in [1.807, 2.05) is 38.1 Å². The van der Waals surface area contributed by atoms with Crippen LogP contribution in [0.2, 0.25) is 0 Å². The molecule has 0 N–H and O–H groups in total. The SMILES string of the molecule is CCC(=O)CCCCCC(=O)c1ccc(C)cc1. The van der Waals surface area contributed by atoms with Gasteiger partial charge in [0.05, 0.1) is 0 Å². The fourth-order valence-electron chi connectivity index (χ4n) is 1.85. The van der Waals surface area contributed by atoms with Crippen molar-refractivity contribution in [3.8, 4) is 0 Å². The predicted molar refractivity (Wildman–Crippen MR) is 73.9 cm³/mol. The van der Waals surface area contributed by atoms with E-state index in [1.165, 1.54) is 5.56 Å². The Kier molecular flexibility index (Phi) is 6.34. The monoisotopic (exact) mass is 246 g/mol. The van der Waals surface area contributed by atoms with Crippen molar-refractivity contribution in [1.82, 2.24) is 0 Å². The molecule has 1 aromatic carbocycles. The number of carbonyl (C=O) groups excluding carboxylic acids is 2. The summed E-state index contributed by atoms with van der Waals surface area (Å²) in [6, 6.07) is 7.71. The van der Waals surface area contributed by atoms with Gasteiger partial charge in [0.2, 0.25) is 0 Å². The molecule has 0 amide bonds. The summed E-state index contributed by atoms with van der Waals surface area (Å²) in [5.74, 6) is 0.525. The third-order valence-electron chi connectivity index (χ3n) is 3.13. The van der Waals surface area contributed by atoms with E-state index in [0.29, 0.717) is 25.0 Å². The van der Waals surface area contributed by atoms with E-state index in [9.17, 15) is 9.59 Å². The first-order chi connectivity index (χ1) is 8.63. The maximum atomic E-state index is 11.8. The Morgan fingerprint density at radius 1 is 0.944 bits per heavy atom. The molecule has 18 heavy (non-hydrogen) atoms. The molecule has 0 aliphatic carbocycles. The first-order valence-corrected chi connectivity index (χ1v) is 6.75. The summed E-state index contributed by atoms with van der Waals surface area (Å²) in [7, 11) is 0. The summed E-state index contributed by atoms with van der Waals surface area (Å²) < 4.78 is 0. The van der Waals surface area contributed by atoms with E-state index in [-0.39, 0.29) is 5.78 Å². The standard InChI is InChI=1S/C16H22O2/c1-3-15(17)7-5-4-6-8-16(18)14-11-9-13(2)10-12-14/h9-12H,3-8H2,1-2H3. The zero-order valence-corrected chi connectivity index (χ0v) is 11.4. The lowest BCUT2D eigenvalue weighted by Gasteiger charge is -2.02. The van der Waals surface area contributed by atoms with E-state index in [4.69, 9.17) is 0 Å². The third-order valence-corrected chi connectivity index (χ3v) is 3.13. The fourth-order valence-corrected chi connectivity index (χ4v) is 1.85. The highest BCUT2D eigenvalue weighted by molar-refractivity contribution is 5.96. The summed E-state index contributed by atoms with van der Waals surface area (Å²) in [6.07, 6.45) is 4.63.